The molecule has 0 saturated carbocycles. The Kier molecular flexibility index (Phi) is 6.98. The number of morpholine rings is 1. The topological polar surface area (TPSA) is 64.2 Å². The number of aromatic nitrogens is 1. The summed E-state index contributed by atoms with van der Waals surface area (Å²) in [5, 5.41) is 4.12. The predicted octanol–water partition coefficient (Wildman–Crippen LogP) is 3.45. The fourth-order valence-corrected chi connectivity index (χ4v) is 4.98. The quantitative estimate of drug-likeness (QED) is 0.590. The SMILES string of the molecule is Cc1cc(N2CCN(C)CC2)c2nc(C(=O)Nc3ccc(N4CCOCC4)cc3)cc(N(C)C)c2c1. The first kappa shape index (κ1) is 24.3. The standard InChI is InChI=1S/C28H36N6O2/c1-20-17-23-25(31(2)3)19-24(30-27(23)26(18-20)34-11-9-32(4)10-12-34)28(35)29-21-5-7-22(8-6-21)33-13-15-36-16-14-33/h5-8,17-19H,9-16H2,1-4H3,(H,29,35). The van der Waals surface area contributed by atoms with Gasteiger partial charge in [0.2, 0.25) is 0 Å². The van der Waals surface area contributed by atoms with Gasteiger partial charge in [0.05, 0.1) is 24.4 Å². The zero-order valence-corrected chi connectivity index (χ0v) is 21.8. The van der Waals surface area contributed by atoms with Gasteiger partial charge in [-0.2, -0.15) is 0 Å². The third-order valence-corrected chi connectivity index (χ3v) is 7.08. The van der Waals surface area contributed by atoms with Gasteiger partial charge < -0.3 is 29.7 Å². The second-order valence-corrected chi connectivity index (χ2v) is 9.99. The molecule has 8 nitrogen and oxygen atoms in total. The van der Waals surface area contributed by atoms with Gasteiger partial charge in [0.15, 0.2) is 0 Å². The molecule has 1 aromatic heterocycles. The van der Waals surface area contributed by atoms with E-state index < -0.39 is 0 Å². The number of fused-ring (bicyclic) bond motifs is 1. The van der Waals surface area contributed by atoms with Crippen LogP contribution in [0, 0.1) is 6.92 Å². The largest absolute Gasteiger partial charge is 0.378 e. The smallest absolute Gasteiger partial charge is 0.274 e. The molecule has 36 heavy (non-hydrogen) atoms. The minimum absolute atomic E-state index is 0.205. The van der Waals surface area contributed by atoms with Crippen LogP contribution in [0.15, 0.2) is 42.5 Å². The van der Waals surface area contributed by atoms with Crippen molar-refractivity contribution in [3.05, 3.63) is 53.7 Å². The number of carbonyl (C=O) groups excluding carboxylic acids is 1. The van der Waals surface area contributed by atoms with Crippen molar-refractivity contribution in [3.8, 4) is 0 Å². The van der Waals surface area contributed by atoms with Gasteiger partial charge in [0.25, 0.3) is 5.91 Å². The average molecular weight is 489 g/mol. The molecule has 1 amide bonds. The molecule has 0 atom stereocenters. The third kappa shape index (κ3) is 5.10. The lowest BCUT2D eigenvalue weighted by Crippen LogP contribution is -2.44. The maximum absolute atomic E-state index is 13.4. The number of rotatable bonds is 5. The van der Waals surface area contributed by atoms with E-state index in [2.05, 4.69) is 51.0 Å². The molecule has 0 bridgehead atoms. The van der Waals surface area contributed by atoms with Crippen LogP contribution >= 0.6 is 0 Å². The molecule has 0 spiro atoms. The fraction of sp³-hybridized carbons (Fsp3) is 0.429. The number of aryl methyl sites for hydroxylation is 1. The molecular weight excluding hydrogens is 452 g/mol. The summed E-state index contributed by atoms with van der Waals surface area (Å²) >= 11 is 0. The summed E-state index contributed by atoms with van der Waals surface area (Å²) in [7, 11) is 6.18. The van der Waals surface area contributed by atoms with Crippen LogP contribution in [0.1, 0.15) is 16.1 Å². The first-order chi connectivity index (χ1) is 17.4. The van der Waals surface area contributed by atoms with E-state index in [0.29, 0.717) is 5.69 Å². The van der Waals surface area contributed by atoms with E-state index in [1.165, 1.54) is 5.56 Å². The number of piperazine rings is 1. The highest BCUT2D eigenvalue weighted by atomic mass is 16.5. The number of anilines is 4. The van der Waals surface area contributed by atoms with E-state index in [-0.39, 0.29) is 5.91 Å². The number of pyridine rings is 1. The van der Waals surface area contributed by atoms with Gasteiger partial charge in [-0.15, -0.1) is 0 Å². The lowest BCUT2D eigenvalue weighted by Gasteiger charge is -2.35. The number of amides is 1. The normalized spacial score (nSPS) is 16.9. The number of hydrogen-bond acceptors (Lipinski definition) is 7. The highest BCUT2D eigenvalue weighted by molar-refractivity contribution is 6.08. The molecule has 0 aliphatic carbocycles. The van der Waals surface area contributed by atoms with Crippen LogP contribution in [0.5, 0.6) is 0 Å². The van der Waals surface area contributed by atoms with Crippen LogP contribution in [0.3, 0.4) is 0 Å². The Morgan fingerprint density at radius 3 is 2.31 bits per heavy atom. The summed E-state index contributed by atoms with van der Waals surface area (Å²) in [6.07, 6.45) is 0. The van der Waals surface area contributed by atoms with Gasteiger partial charge >= 0.3 is 0 Å². The molecule has 2 fully saturated rings. The van der Waals surface area contributed by atoms with Crippen LogP contribution in [-0.4, -0.2) is 89.4 Å². The van der Waals surface area contributed by atoms with Crippen molar-refractivity contribution in [3.63, 3.8) is 0 Å². The van der Waals surface area contributed by atoms with Gasteiger partial charge in [0.1, 0.15) is 5.69 Å². The first-order valence-corrected chi connectivity index (χ1v) is 12.7. The van der Waals surface area contributed by atoms with Gasteiger partial charge in [-0.25, -0.2) is 4.98 Å². The lowest BCUT2D eigenvalue weighted by atomic mass is 10.1. The summed E-state index contributed by atoms with van der Waals surface area (Å²) in [5.41, 5.74) is 6.49. The Morgan fingerprint density at radius 2 is 1.64 bits per heavy atom. The van der Waals surface area contributed by atoms with Crippen molar-refractivity contribution in [2.45, 2.75) is 6.92 Å². The van der Waals surface area contributed by atoms with Crippen LogP contribution in [0.25, 0.3) is 10.9 Å². The van der Waals surface area contributed by atoms with Crippen LogP contribution < -0.4 is 20.0 Å². The number of nitrogens with zero attached hydrogens (tertiary/aromatic N) is 5. The van der Waals surface area contributed by atoms with E-state index in [1.807, 2.05) is 44.4 Å². The summed E-state index contributed by atoms with van der Waals surface area (Å²) in [6, 6.07) is 14.3. The number of carbonyl (C=O) groups is 1. The molecule has 0 radical (unpaired) electrons. The molecule has 2 aliphatic heterocycles. The van der Waals surface area contributed by atoms with E-state index in [0.717, 1.165) is 86.1 Å². The summed E-state index contributed by atoms with van der Waals surface area (Å²) in [5.74, 6) is -0.205. The summed E-state index contributed by atoms with van der Waals surface area (Å²) in [4.78, 5) is 27.4. The van der Waals surface area contributed by atoms with Crippen LogP contribution in [0.2, 0.25) is 0 Å². The second kappa shape index (κ2) is 10.3. The molecule has 190 valence electrons. The van der Waals surface area contributed by atoms with E-state index in [4.69, 9.17) is 9.72 Å². The minimum Gasteiger partial charge on any atom is -0.378 e. The summed E-state index contributed by atoms with van der Waals surface area (Å²) < 4.78 is 5.45. The van der Waals surface area contributed by atoms with E-state index in [1.54, 1.807) is 0 Å². The molecular formula is C28H36N6O2. The van der Waals surface area contributed by atoms with Crippen LogP contribution in [0.4, 0.5) is 22.7 Å². The third-order valence-electron chi connectivity index (χ3n) is 7.08. The first-order valence-electron chi connectivity index (χ1n) is 12.7. The van der Waals surface area contributed by atoms with Gasteiger partial charge in [0, 0.05) is 75.8 Å². The number of nitrogens with one attached hydrogen (secondary N) is 1. The maximum Gasteiger partial charge on any atom is 0.274 e. The minimum atomic E-state index is -0.205. The molecule has 3 heterocycles. The average Bonchev–Trinajstić information content (AvgIpc) is 2.89. The van der Waals surface area contributed by atoms with Crippen molar-refractivity contribution in [2.75, 3.05) is 93.6 Å². The van der Waals surface area contributed by atoms with E-state index >= 15 is 0 Å². The molecule has 8 heteroatoms. The molecule has 1 N–H and O–H groups in total. The Morgan fingerprint density at radius 1 is 0.944 bits per heavy atom. The van der Waals surface area contributed by atoms with Crippen molar-refractivity contribution < 1.29 is 9.53 Å². The number of hydrogen-bond donors (Lipinski definition) is 1. The number of likely N-dealkylation sites (N-methyl/N-ethyl adjacent to an activating group) is 1. The number of benzene rings is 2. The molecule has 5 rings (SSSR count). The zero-order chi connectivity index (χ0) is 25.2. The predicted molar refractivity (Wildman–Crippen MR) is 148 cm³/mol. The Hall–Kier alpha value is -3.36. The van der Waals surface area contributed by atoms with Gasteiger partial charge in [-0.1, -0.05) is 0 Å². The fourth-order valence-electron chi connectivity index (χ4n) is 4.98. The molecule has 0 unspecified atom stereocenters. The molecule has 3 aromatic rings. The molecule has 2 aromatic carbocycles. The molecule has 2 saturated heterocycles. The highest BCUT2D eigenvalue weighted by Crippen LogP contribution is 2.34. The van der Waals surface area contributed by atoms with Crippen molar-refractivity contribution in [1.29, 1.82) is 0 Å². The van der Waals surface area contributed by atoms with Gasteiger partial charge in [-0.05, 0) is 62.0 Å². The number of ether oxygens (including phenoxy) is 1. The van der Waals surface area contributed by atoms with Crippen molar-refractivity contribution in [2.24, 2.45) is 0 Å². The summed E-state index contributed by atoms with van der Waals surface area (Å²) in [6.45, 7) is 9.29. The zero-order valence-electron chi connectivity index (χ0n) is 21.8. The van der Waals surface area contributed by atoms with Gasteiger partial charge in [-0.3, -0.25) is 4.79 Å². The van der Waals surface area contributed by atoms with Crippen LogP contribution in [-0.2, 0) is 4.74 Å². The highest BCUT2D eigenvalue weighted by Gasteiger charge is 2.21. The van der Waals surface area contributed by atoms with E-state index in [9.17, 15) is 4.79 Å². The Bertz CT molecular complexity index is 1230. The maximum atomic E-state index is 13.4. The monoisotopic (exact) mass is 488 g/mol. The Balaban J connectivity index is 1.45. The van der Waals surface area contributed by atoms with Crippen molar-refractivity contribution in [1.82, 2.24) is 9.88 Å². The Labute approximate surface area is 213 Å². The van der Waals surface area contributed by atoms with Crippen molar-refractivity contribution >= 4 is 39.6 Å². The lowest BCUT2D eigenvalue weighted by molar-refractivity contribution is 0.102. The molecule has 2 aliphatic rings. The second-order valence-electron chi connectivity index (χ2n) is 9.99.